The smallest absolute Gasteiger partial charge is 0.0614 e. The van der Waals surface area contributed by atoms with Crippen LogP contribution in [0.5, 0.6) is 0 Å². The topological polar surface area (TPSA) is 20.2 Å². The molecule has 0 aromatic rings. The summed E-state index contributed by atoms with van der Waals surface area (Å²) in [5.74, 6) is 0. The summed E-state index contributed by atoms with van der Waals surface area (Å²) >= 11 is 0. The maximum Gasteiger partial charge on any atom is 0.0614 e. The molecular weight excluding hydrogens is 112 g/mol. The summed E-state index contributed by atoms with van der Waals surface area (Å²) in [5.41, 5.74) is 1.23. The van der Waals surface area contributed by atoms with Gasteiger partial charge in [0.1, 0.15) is 0 Å². The van der Waals surface area contributed by atoms with E-state index >= 15 is 0 Å². The van der Waals surface area contributed by atoms with Crippen LogP contribution < -0.4 is 0 Å². The van der Waals surface area contributed by atoms with E-state index in [0.29, 0.717) is 0 Å². The van der Waals surface area contributed by atoms with E-state index in [0.717, 1.165) is 12.8 Å². The molecule has 0 amide bonds. The molecule has 0 saturated heterocycles. The Morgan fingerprint density at radius 3 is 2.78 bits per heavy atom. The zero-order valence-electron chi connectivity index (χ0n) is 5.93. The third kappa shape index (κ3) is 5.31. The second kappa shape index (κ2) is 5.57. The average Bonchev–Trinajstić information content (AvgIpc) is 1.85. The van der Waals surface area contributed by atoms with Crippen molar-refractivity contribution >= 4 is 0 Å². The van der Waals surface area contributed by atoms with Gasteiger partial charge in [-0.3, -0.25) is 0 Å². The molecule has 0 saturated carbocycles. The van der Waals surface area contributed by atoms with Gasteiger partial charge in [-0.2, -0.15) is 0 Å². The Morgan fingerprint density at radius 2 is 2.33 bits per heavy atom. The lowest BCUT2D eigenvalue weighted by molar-refractivity contribution is 0.341. The van der Waals surface area contributed by atoms with Gasteiger partial charge in [-0.05, 0) is 19.8 Å². The molecule has 9 heavy (non-hydrogen) atoms. The molecule has 0 aliphatic rings. The van der Waals surface area contributed by atoms with Gasteiger partial charge in [-0.25, -0.2) is 0 Å². The monoisotopic (exact) mass is 126 g/mol. The van der Waals surface area contributed by atoms with Gasteiger partial charge < -0.3 is 5.11 Å². The van der Waals surface area contributed by atoms with Gasteiger partial charge in [-0.15, -0.1) is 6.58 Å². The van der Waals surface area contributed by atoms with E-state index in [9.17, 15) is 0 Å². The van der Waals surface area contributed by atoms with Crippen LogP contribution in [0.3, 0.4) is 0 Å². The molecule has 0 rings (SSSR count). The molecule has 0 spiro atoms. The minimum Gasteiger partial charge on any atom is -0.392 e. The quantitative estimate of drug-likeness (QED) is 0.570. The molecule has 0 bridgehead atoms. The lowest BCUT2D eigenvalue weighted by atomic mass is 10.1. The van der Waals surface area contributed by atoms with Crippen molar-refractivity contribution in [3.63, 3.8) is 0 Å². The van der Waals surface area contributed by atoms with E-state index in [1.165, 1.54) is 5.57 Å². The molecule has 0 fully saturated rings. The minimum atomic E-state index is 0.156. The highest BCUT2D eigenvalue weighted by Gasteiger charge is 1.84. The van der Waals surface area contributed by atoms with E-state index in [1.807, 2.05) is 19.1 Å². The maximum atomic E-state index is 8.43. The summed E-state index contributed by atoms with van der Waals surface area (Å²) in [6, 6.07) is 0. The van der Waals surface area contributed by atoms with Crippen molar-refractivity contribution in [2.45, 2.75) is 19.8 Å². The molecule has 0 atom stereocenters. The standard InChI is InChI=1S/C8H14O/c1-3-4-5-8(2)6-7-9/h3,6,9H,1,4-5,7H2,2H3/b8-6-. The Labute approximate surface area is 56.7 Å². The van der Waals surface area contributed by atoms with E-state index in [2.05, 4.69) is 6.58 Å². The molecular formula is C8H14O. The number of hydrogen-bond acceptors (Lipinski definition) is 1. The first-order chi connectivity index (χ1) is 4.31. The number of rotatable bonds is 4. The van der Waals surface area contributed by atoms with Crippen LogP contribution in [0.25, 0.3) is 0 Å². The van der Waals surface area contributed by atoms with Crippen LogP contribution in [0.1, 0.15) is 19.8 Å². The van der Waals surface area contributed by atoms with Gasteiger partial charge in [0.15, 0.2) is 0 Å². The van der Waals surface area contributed by atoms with Gasteiger partial charge in [0.05, 0.1) is 6.61 Å². The van der Waals surface area contributed by atoms with Crippen molar-refractivity contribution < 1.29 is 5.11 Å². The fraction of sp³-hybridized carbons (Fsp3) is 0.500. The molecule has 52 valence electrons. The summed E-state index contributed by atoms with van der Waals surface area (Å²) in [4.78, 5) is 0. The molecule has 0 unspecified atom stereocenters. The Kier molecular flexibility index (Phi) is 5.23. The van der Waals surface area contributed by atoms with Gasteiger partial charge in [0.2, 0.25) is 0 Å². The highest BCUT2D eigenvalue weighted by Crippen LogP contribution is 2.02. The molecule has 0 aliphatic heterocycles. The van der Waals surface area contributed by atoms with Crippen LogP contribution in [0.4, 0.5) is 0 Å². The number of allylic oxidation sites excluding steroid dienone is 2. The zero-order chi connectivity index (χ0) is 7.11. The third-order valence-electron chi connectivity index (χ3n) is 1.18. The molecule has 0 aromatic carbocycles. The first kappa shape index (κ1) is 8.44. The van der Waals surface area contributed by atoms with E-state index < -0.39 is 0 Å². The van der Waals surface area contributed by atoms with Crippen LogP contribution in [0.15, 0.2) is 24.3 Å². The van der Waals surface area contributed by atoms with Crippen molar-refractivity contribution in [3.05, 3.63) is 24.3 Å². The van der Waals surface area contributed by atoms with Gasteiger partial charge in [0, 0.05) is 0 Å². The van der Waals surface area contributed by atoms with E-state index in [-0.39, 0.29) is 6.61 Å². The second-order valence-corrected chi connectivity index (χ2v) is 2.06. The van der Waals surface area contributed by atoms with Gasteiger partial charge in [-0.1, -0.05) is 17.7 Å². The van der Waals surface area contributed by atoms with Gasteiger partial charge in [0.25, 0.3) is 0 Å². The summed E-state index contributed by atoms with van der Waals surface area (Å²) in [6.07, 6.45) is 5.73. The van der Waals surface area contributed by atoms with Crippen molar-refractivity contribution in [2.24, 2.45) is 0 Å². The zero-order valence-corrected chi connectivity index (χ0v) is 5.93. The molecule has 0 heterocycles. The Balaban J connectivity index is 3.36. The highest BCUT2D eigenvalue weighted by molar-refractivity contribution is 4.98. The molecule has 1 nitrogen and oxygen atoms in total. The Bertz CT molecular complexity index is 103. The van der Waals surface area contributed by atoms with Crippen LogP contribution >= 0.6 is 0 Å². The van der Waals surface area contributed by atoms with Crippen molar-refractivity contribution in [2.75, 3.05) is 6.61 Å². The molecule has 1 heteroatoms. The van der Waals surface area contributed by atoms with Gasteiger partial charge >= 0.3 is 0 Å². The van der Waals surface area contributed by atoms with E-state index in [1.54, 1.807) is 0 Å². The van der Waals surface area contributed by atoms with Crippen molar-refractivity contribution in [3.8, 4) is 0 Å². The first-order valence-electron chi connectivity index (χ1n) is 3.18. The van der Waals surface area contributed by atoms with Crippen LogP contribution in [-0.2, 0) is 0 Å². The number of aliphatic hydroxyl groups excluding tert-OH is 1. The summed E-state index contributed by atoms with van der Waals surface area (Å²) in [6.45, 7) is 5.77. The largest absolute Gasteiger partial charge is 0.392 e. The van der Waals surface area contributed by atoms with Crippen molar-refractivity contribution in [1.82, 2.24) is 0 Å². The first-order valence-corrected chi connectivity index (χ1v) is 3.18. The van der Waals surface area contributed by atoms with Crippen LogP contribution in [0.2, 0.25) is 0 Å². The van der Waals surface area contributed by atoms with Crippen molar-refractivity contribution in [1.29, 1.82) is 0 Å². The number of aliphatic hydroxyl groups is 1. The lowest BCUT2D eigenvalue weighted by Gasteiger charge is -1.94. The molecule has 0 radical (unpaired) electrons. The third-order valence-corrected chi connectivity index (χ3v) is 1.18. The maximum absolute atomic E-state index is 8.43. The average molecular weight is 126 g/mol. The Hall–Kier alpha value is -0.560. The fourth-order valence-electron chi connectivity index (χ4n) is 0.588. The van der Waals surface area contributed by atoms with E-state index in [4.69, 9.17) is 5.11 Å². The highest BCUT2D eigenvalue weighted by atomic mass is 16.2. The van der Waals surface area contributed by atoms with Crippen LogP contribution in [-0.4, -0.2) is 11.7 Å². The predicted molar refractivity (Wildman–Crippen MR) is 40.3 cm³/mol. The second-order valence-electron chi connectivity index (χ2n) is 2.06. The lowest BCUT2D eigenvalue weighted by Crippen LogP contribution is -1.79. The SMILES string of the molecule is C=CCC/C(C)=C\CO. The minimum absolute atomic E-state index is 0.156. The summed E-state index contributed by atoms with van der Waals surface area (Å²) in [5, 5.41) is 8.43. The normalized spacial score (nSPS) is 11.6. The predicted octanol–water partition coefficient (Wildman–Crippen LogP) is 1.89. The molecule has 0 aromatic heterocycles. The fourth-order valence-corrected chi connectivity index (χ4v) is 0.588. The number of hydrogen-bond donors (Lipinski definition) is 1. The molecule has 0 aliphatic carbocycles. The molecule has 1 N–H and O–H groups in total. The summed E-state index contributed by atoms with van der Waals surface area (Å²) in [7, 11) is 0. The van der Waals surface area contributed by atoms with Crippen LogP contribution in [0, 0.1) is 0 Å². The Morgan fingerprint density at radius 1 is 1.67 bits per heavy atom. The summed E-state index contributed by atoms with van der Waals surface area (Å²) < 4.78 is 0.